The summed E-state index contributed by atoms with van der Waals surface area (Å²) in [6.07, 6.45) is 3.83. The summed E-state index contributed by atoms with van der Waals surface area (Å²) in [6, 6.07) is 1.96. The second-order valence-electron chi connectivity index (χ2n) is 3.70. The first-order valence-corrected chi connectivity index (χ1v) is 4.96. The van der Waals surface area contributed by atoms with Gasteiger partial charge in [-0.2, -0.15) is 0 Å². The minimum Gasteiger partial charge on any atom is -0.336 e. The van der Waals surface area contributed by atoms with Crippen LogP contribution in [-0.4, -0.2) is 22.8 Å². The number of carbonyl (C=O) groups excluding carboxylic acids is 1. The zero-order chi connectivity index (χ0) is 10.1. The number of fused-ring (bicyclic) bond motifs is 1. The van der Waals surface area contributed by atoms with Gasteiger partial charge in [0.15, 0.2) is 0 Å². The predicted octanol–water partition coefficient (Wildman–Crippen LogP) is 1.62. The molecule has 0 saturated heterocycles. The summed E-state index contributed by atoms with van der Waals surface area (Å²) in [4.78, 5) is 17.7. The van der Waals surface area contributed by atoms with Crippen molar-refractivity contribution in [2.45, 2.75) is 26.3 Å². The molecule has 1 aliphatic heterocycles. The average molecular weight is 190 g/mol. The van der Waals surface area contributed by atoms with Gasteiger partial charge in [-0.15, -0.1) is 0 Å². The highest BCUT2D eigenvalue weighted by molar-refractivity contribution is 5.99. The molecule has 0 unspecified atom stereocenters. The van der Waals surface area contributed by atoms with Crippen molar-refractivity contribution in [3.05, 3.63) is 29.1 Å². The van der Waals surface area contributed by atoms with Crippen molar-refractivity contribution in [2.75, 3.05) is 7.05 Å². The Kier molecular flexibility index (Phi) is 2.23. The Hall–Kier alpha value is -1.38. The molecule has 0 radical (unpaired) electrons. The van der Waals surface area contributed by atoms with Crippen molar-refractivity contribution in [1.82, 2.24) is 9.88 Å². The lowest BCUT2D eigenvalue weighted by Gasteiger charge is -2.06. The lowest BCUT2D eigenvalue weighted by atomic mass is 10.0. The number of aryl methyl sites for hydroxylation is 1. The maximum absolute atomic E-state index is 11.8. The second kappa shape index (κ2) is 3.40. The molecule has 2 heterocycles. The van der Waals surface area contributed by atoms with Gasteiger partial charge in [-0.05, 0) is 18.1 Å². The van der Waals surface area contributed by atoms with E-state index in [2.05, 4.69) is 11.9 Å². The molecule has 0 saturated carbocycles. The molecule has 14 heavy (non-hydrogen) atoms. The van der Waals surface area contributed by atoms with E-state index in [1.165, 1.54) is 0 Å². The Morgan fingerprint density at radius 3 is 3.07 bits per heavy atom. The molecule has 0 atom stereocenters. The molecule has 0 N–H and O–H groups in total. The van der Waals surface area contributed by atoms with E-state index >= 15 is 0 Å². The van der Waals surface area contributed by atoms with Gasteiger partial charge in [0, 0.05) is 13.2 Å². The van der Waals surface area contributed by atoms with E-state index in [1.54, 1.807) is 11.1 Å². The van der Waals surface area contributed by atoms with Gasteiger partial charge in [0.25, 0.3) is 5.91 Å². The van der Waals surface area contributed by atoms with Crippen LogP contribution >= 0.6 is 0 Å². The van der Waals surface area contributed by atoms with E-state index in [0.717, 1.165) is 29.7 Å². The molecule has 74 valence electrons. The van der Waals surface area contributed by atoms with Gasteiger partial charge in [0.05, 0.1) is 17.8 Å². The maximum atomic E-state index is 11.8. The summed E-state index contributed by atoms with van der Waals surface area (Å²) in [5.41, 5.74) is 2.92. The molecule has 0 bridgehead atoms. The molecule has 1 aliphatic rings. The first-order valence-electron chi connectivity index (χ1n) is 4.96. The van der Waals surface area contributed by atoms with Crippen LogP contribution in [0.2, 0.25) is 0 Å². The lowest BCUT2D eigenvalue weighted by molar-refractivity contribution is 0.0815. The van der Waals surface area contributed by atoms with Crippen molar-refractivity contribution in [3.63, 3.8) is 0 Å². The van der Waals surface area contributed by atoms with E-state index in [0.29, 0.717) is 6.54 Å². The van der Waals surface area contributed by atoms with E-state index in [4.69, 9.17) is 0 Å². The molecule has 3 nitrogen and oxygen atoms in total. The molecule has 1 aromatic heterocycles. The third kappa shape index (κ3) is 1.29. The van der Waals surface area contributed by atoms with Crippen molar-refractivity contribution in [1.29, 1.82) is 0 Å². The third-order valence-electron chi connectivity index (χ3n) is 2.58. The Morgan fingerprint density at radius 2 is 2.36 bits per heavy atom. The summed E-state index contributed by atoms with van der Waals surface area (Å²) < 4.78 is 0. The Morgan fingerprint density at radius 1 is 1.57 bits per heavy atom. The van der Waals surface area contributed by atoms with Crippen molar-refractivity contribution >= 4 is 5.91 Å². The molecule has 0 fully saturated rings. The zero-order valence-electron chi connectivity index (χ0n) is 8.58. The fraction of sp³-hybridized carbons (Fsp3) is 0.455. The number of pyridine rings is 1. The Balaban J connectivity index is 2.47. The van der Waals surface area contributed by atoms with Crippen molar-refractivity contribution in [2.24, 2.45) is 0 Å². The van der Waals surface area contributed by atoms with Gasteiger partial charge in [0.1, 0.15) is 0 Å². The minimum absolute atomic E-state index is 0.122. The number of amides is 1. The second-order valence-corrected chi connectivity index (χ2v) is 3.70. The van der Waals surface area contributed by atoms with Crippen LogP contribution in [0.15, 0.2) is 12.3 Å². The SMILES string of the molecule is CCCc1ccnc2c1C(=O)N(C)C2. The topological polar surface area (TPSA) is 33.2 Å². The molecule has 0 aliphatic carbocycles. The molecule has 0 aromatic carbocycles. The van der Waals surface area contributed by atoms with Crippen molar-refractivity contribution in [3.8, 4) is 0 Å². The predicted molar refractivity (Wildman–Crippen MR) is 54.0 cm³/mol. The normalized spacial score (nSPS) is 14.7. The van der Waals surface area contributed by atoms with E-state index in [-0.39, 0.29) is 5.91 Å². The van der Waals surface area contributed by atoms with Crippen LogP contribution in [0, 0.1) is 0 Å². The standard InChI is InChI=1S/C11H14N2O/c1-3-4-8-5-6-12-9-7-13(2)11(14)10(8)9/h5-6H,3-4,7H2,1-2H3. The average Bonchev–Trinajstić information content (AvgIpc) is 2.45. The summed E-state index contributed by atoms with van der Waals surface area (Å²) in [7, 11) is 1.82. The first kappa shape index (κ1) is 9.19. The summed E-state index contributed by atoms with van der Waals surface area (Å²) >= 11 is 0. The van der Waals surface area contributed by atoms with E-state index in [1.807, 2.05) is 13.1 Å². The third-order valence-corrected chi connectivity index (χ3v) is 2.58. The molecular weight excluding hydrogens is 176 g/mol. The molecule has 2 rings (SSSR count). The summed E-state index contributed by atoms with van der Waals surface area (Å²) in [6.45, 7) is 2.78. The van der Waals surface area contributed by atoms with Crippen LogP contribution in [0.3, 0.4) is 0 Å². The number of aromatic nitrogens is 1. The van der Waals surface area contributed by atoms with Crippen LogP contribution in [0.1, 0.15) is 35.0 Å². The first-order chi connectivity index (χ1) is 6.74. The summed E-state index contributed by atoms with van der Waals surface area (Å²) in [5, 5.41) is 0. The van der Waals surface area contributed by atoms with Gasteiger partial charge < -0.3 is 4.90 Å². The quantitative estimate of drug-likeness (QED) is 0.710. The molecule has 1 aromatic rings. The van der Waals surface area contributed by atoms with E-state index in [9.17, 15) is 4.79 Å². The number of hydrogen-bond acceptors (Lipinski definition) is 2. The number of rotatable bonds is 2. The molecule has 1 amide bonds. The number of nitrogens with zero attached hydrogens (tertiary/aromatic N) is 2. The number of carbonyl (C=O) groups is 1. The number of hydrogen-bond donors (Lipinski definition) is 0. The van der Waals surface area contributed by atoms with Gasteiger partial charge in [-0.3, -0.25) is 9.78 Å². The monoisotopic (exact) mass is 190 g/mol. The van der Waals surface area contributed by atoms with Gasteiger partial charge in [-0.25, -0.2) is 0 Å². The van der Waals surface area contributed by atoms with Crippen LogP contribution < -0.4 is 0 Å². The fourth-order valence-electron chi connectivity index (χ4n) is 1.90. The lowest BCUT2D eigenvalue weighted by Crippen LogP contribution is -2.18. The van der Waals surface area contributed by atoms with Gasteiger partial charge in [-0.1, -0.05) is 13.3 Å². The highest BCUT2D eigenvalue weighted by Gasteiger charge is 2.27. The van der Waals surface area contributed by atoms with Crippen LogP contribution in [-0.2, 0) is 13.0 Å². The van der Waals surface area contributed by atoms with Gasteiger partial charge in [0.2, 0.25) is 0 Å². The van der Waals surface area contributed by atoms with Crippen LogP contribution in [0.5, 0.6) is 0 Å². The van der Waals surface area contributed by atoms with E-state index < -0.39 is 0 Å². The Labute approximate surface area is 83.8 Å². The zero-order valence-corrected chi connectivity index (χ0v) is 8.58. The molecular formula is C11H14N2O. The fourth-order valence-corrected chi connectivity index (χ4v) is 1.90. The molecule has 0 spiro atoms. The largest absolute Gasteiger partial charge is 0.336 e. The Bertz CT molecular complexity index is 374. The van der Waals surface area contributed by atoms with Gasteiger partial charge >= 0.3 is 0 Å². The van der Waals surface area contributed by atoms with Crippen molar-refractivity contribution < 1.29 is 4.79 Å². The van der Waals surface area contributed by atoms with Crippen LogP contribution in [0.4, 0.5) is 0 Å². The smallest absolute Gasteiger partial charge is 0.256 e. The highest BCUT2D eigenvalue weighted by atomic mass is 16.2. The minimum atomic E-state index is 0.122. The van der Waals surface area contributed by atoms with Crippen LogP contribution in [0.25, 0.3) is 0 Å². The molecule has 3 heteroatoms. The summed E-state index contributed by atoms with van der Waals surface area (Å²) in [5.74, 6) is 0.122. The highest BCUT2D eigenvalue weighted by Crippen LogP contribution is 2.23. The maximum Gasteiger partial charge on any atom is 0.256 e.